The first-order valence-corrected chi connectivity index (χ1v) is 6.55. The molecule has 0 radical (unpaired) electrons. The number of nitrogens with one attached hydrogen (secondary N) is 1. The molecule has 0 aliphatic heterocycles. The monoisotopic (exact) mass is 271 g/mol. The van der Waals surface area contributed by atoms with E-state index in [1.165, 1.54) is 6.07 Å². The van der Waals surface area contributed by atoms with Gasteiger partial charge in [-0.25, -0.2) is 4.39 Å². The highest BCUT2D eigenvalue weighted by atomic mass is 19.1. The Hall–Kier alpha value is -2.36. The van der Waals surface area contributed by atoms with Crippen molar-refractivity contribution in [3.05, 3.63) is 65.5 Å². The fourth-order valence-electron chi connectivity index (χ4n) is 2.14. The molecule has 0 bridgehead atoms. The van der Waals surface area contributed by atoms with Crippen LogP contribution < -0.4 is 10.6 Å². The Bertz CT molecular complexity index is 596. The van der Waals surface area contributed by atoms with E-state index in [0.717, 1.165) is 12.2 Å². The zero-order valence-electron chi connectivity index (χ0n) is 11.4. The van der Waals surface area contributed by atoms with Crippen LogP contribution in [0.1, 0.15) is 18.1 Å². The molecular weight excluding hydrogens is 253 g/mol. The first kappa shape index (κ1) is 14.1. The molecule has 3 nitrogen and oxygen atoms in total. The van der Waals surface area contributed by atoms with Gasteiger partial charge < -0.3 is 10.6 Å². The third-order valence-corrected chi connectivity index (χ3v) is 3.23. The fourth-order valence-corrected chi connectivity index (χ4v) is 2.14. The Morgan fingerprint density at radius 1 is 1.15 bits per heavy atom. The van der Waals surface area contributed by atoms with E-state index in [9.17, 15) is 4.39 Å². The summed E-state index contributed by atoms with van der Waals surface area (Å²) < 4.78 is 14.3. The molecule has 0 amide bonds. The van der Waals surface area contributed by atoms with E-state index < -0.39 is 5.82 Å². The lowest BCUT2D eigenvalue weighted by Gasteiger charge is -2.23. The lowest BCUT2D eigenvalue weighted by molar-refractivity contribution is 0.602. The summed E-state index contributed by atoms with van der Waals surface area (Å²) in [5, 5.41) is 7.39. The van der Waals surface area contributed by atoms with Gasteiger partial charge in [0, 0.05) is 24.3 Å². The second-order valence-corrected chi connectivity index (χ2v) is 4.54. The van der Waals surface area contributed by atoms with Crippen molar-refractivity contribution in [1.82, 2.24) is 0 Å². The summed E-state index contributed by atoms with van der Waals surface area (Å²) in [5.74, 6) is -0.651. The summed E-state index contributed by atoms with van der Waals surface area (Å²) in [6.07, 6.45) is 0. The summed E-state index contributed by atoms with van der Waals surface area (Å²) in [5.41, 5.74) is 7.14. The Kier molecular flexibility index (Phi) is 4.35. The van der Waals surface area contributed by atoms with Crippen LogP contribution in [0.5, 0.6) is 0 Å². The molecule has 0 atom stereocenters. The Morgan fingerprint density at radius 3 is 2.45 bits per heavy atom. The van der Waals surface area contributed by atoms with Gasteiger partial charge >= 0.3 is 0 Å². The fraction of sp³-hybridized carbons (Fsp3) is 0.188. The van der Waals surface area contributed by atoms with Gasteiger partial charge in [0.05, 0.1) is 5.56 Å². The molecule has 0 saturated carbocycles. The lowest BCUT2D eigenvalue weighted by atomic mass is 10.1. The predicted octanol–water partition coefficient (Wildman–Crippen LogP) is 3.14. The maximum atomic E-state index is 14.3. The van der Waals surface area contributed by atoms with Crippen LogP contribution in [-0.2, 0) is 6.54 Å². The summed E-state index contributed by atoms with van der Waals surface area (Å²) >= 11 is 0. The standard InChI is InChI=1S/C16H18FN3/c1-2-20(13-8-4-3-5-9-13)11-12-7-6-10-14(15(12)17)16(18)19/h3-10H,2,11H2,1H3,(H3,18,19). The maximum absolute atomic E-state index is 14.3. The number of hydrogen-bond acceptors (Lipinski definition) is 2. The van der Waals surface area contributed by atoms with E-state index in [2.05, 4.69) is 4.90 Å². The highest BCUT2D eigenvalue weighted by molar-refractivity contribution is 5.95. The SMILES string of the molecule is CCN(Cc1cccc(C(=N)N)c1F)c1ccccc1. The van der Waals surface area contributed by atoms with Crippen LogP contribution >= 0.6 is 0 Å². The zero-order chi connectivity index (χ0) is 14.5. The van der Waals surface area contributed by atoms with Crippen molar-refractivity contribution < 1.29 is 4.39 Å². The van der Waals surface area contributed by atoms with E-state index in [1.54, 1.807) is 12.1 Å². The van der Waals surface area contributed by atoms with Crippen LogP contribution in [0.2, 0.25) is 0 Å². The quantitative estimate of drug-likeness (QED) is 0.648. The molecule has 2 aromatic carbocycles. The van der Waals surface area contributed by atoms with E-state index in [-0.39, 0.29) is 11.4 Å². The third-order valence-electron chi connectivity index (χ3n) is 3.23. The molecule has 0 unspecified atom stereocenters. The number of hydrogen-bond donors (Lipinski definition) is 2. The number of benzene rings is 2. The smallest absolute Gasteiger partial charge is 0.139 e. The number of para-hydroxylation sites is 1. The predicted molar refractivity (Wildman–Crippen MR) is 80.6 cm³/mol. The van der Waals surface area contributed by atoms with Gasteiger partial charge in [-0.3, -0.25) is 5.41 Å². The normalized spacial score (nSPS) is 10.3. The molecule has 0 fully saturated rings. The Labute approximate surface area is 118 Å². The second-order valence-electron chi connectivity index (χ2n) is 4.54. The number of amidine groups is 1. The van der Waals surface area contributed by atoms with Crippen molar-refractivity contribution in [2.75, 3.05) is 11.4 Å². The van der Waals surface area contributed by atoms with Gasteiger partial charge in [-0.05, 0) is 25.1 Å². The minimum atomic E-state index is -0.408. The van der Waals surface area contributed by atoms with Gasteiger partial charge in [0.2, 0.25) is 0 Å². The first-order chi connectivity index (χ1) is 9.63. The third kappa shape index (κ3) is 2.96. The number of halogens is 1. The maximum Gasteiger partial charge on any atom is 0.139 e. The molecule has 4 heteroatoms. The highest BCUT2D eigenvalue weighted by Gasteiger charge is 2.13. The van der Waals surface area contributed by atoms with Gasteiger partial charge in [-0.15, -0.1) is 0 Å². The van der Waals surface area contributed by atoms with Crippen LogP contribution in [0.25, 0.3) is 0 Å². The zero-order valence-corrected chi connectivity index (χ0v) is 11.4. The number of nitrogen functional groups attached to an aromatic ring is 1. The number of nitrogens with two attached hydrogens (primary N) is 1. The van der Waals surface area contributed by atoms with Crippen molar-refractivity contribution >= 4 is 11.5 Å². The van der Waals surface area contributed by atoms with Crippen molar-refractivity contribution in [2.24, 2.45) is 5.73 Å². The van der Waals surface area contributed by atoms with Gasteiger partial charge in [0.1, 0.15) is 11.7 Å². The van der Waals surface area contributed by atoms with Crippen molar-refractivity contribution in [3.8, 4) is 0 Å². The van der Waals surface area contributed by atoms with Crippen LogP contribution in [0.4, 0.5) is 10.1 Å². The first-order valence-electron chi connectivity index (χ1n) is 6.55. The van der Waals surface area contributed by atoms with Gasteiger partial charge in [0.25, 0.3) is 0 Å². The molecule has 3 N–H and O–H groups in total. The minimum Gasteiger partial charge on any atom is -0.384 e. The summed E-state index contributed by atoms with van der Waals surface area (Å²) in [4.78, 5) is 2.07. The summed E-state index contributed by atoms with van der Waals surface area (Å²) in [6, 6.07) is 14.8. The van der Waals surface area contributed by atoms with E-state index >= 15 is 0 Å². The average Bonchev–Trinajstić information content (AvgIpc) is 2.47. The highest BCUT2D eigenvalue weighted by Crippen LogP contribution is 2.19. The lowest BCUT2D eigenvalue weighted by Crippen LogP contribution is -2.23. The molecule has 0 spiro atoms. The molecule has 0 aromatic heterocycles. The number of anilines is 1. The van der Waals surface area contributed by atoms with Gasteiger partial charge in [-0.1, -0.05) is 30.3 Å². The van der Waals surface area contributed by atoms with Crippen LogP contribution in [0.15, 0.2) is 48.5 Å². The van der Waals surface area contributed by atoms with Crippen molar-refractivity contribution in [2.45, 2.75) is 13.5 Å². The molecule has 104 valence electrons. The Balaban J connectivity index is 2.29. The topological polar surface area (TPSA) is 53.1 Å². The largest absolute Gasteiger partial charge is 0.384 e. The number of nitrogens with zero attached hydrogens (tertiary/aromatic N) is 1. The molecule has 0 aliphatic carbocycles. The van der Waals surface area contributed by atoms with Crippen molar-refractivity contribution in [3.63, 3.8) is 0 Å². The van der Waals surface area contributed by atoms with Gasteiger partial charge in [-0.2, -0.15) is 0 Å². The van der Waals surface area contributed by atoms with E-state index in [1.807, 2.05) is 37.3 Å². The van der Waals surface area contributed by atoms with Crippen LogP contribution in [0.3, 0.4) is 0 Å². The minimum absolute atomic E-state index is 0.159. The molecule has 0 heterocycles. The second kappa shape index (κ2) is 6.19. The molecular formula is C16H18FN3. The molecule has 2 aromatic rings. The molecule has 0 aliphatic rings. The van der Waals surface area contributed by atoms with E-state index in [0.29, 0.717) is 12.1 Å². The molecule has 2 rings (SSSR count). The van der Waals surface area contributed by atoms with E-state index in [4.69, 9.17) is 11.1 Å². The van der Waals surface area contributed by atoms with Crippen LogP contribution in [0, 0.1) is 11.2 Å². The van der Waals surface area contributed by atoms with Gasteiger partial charge in [0.15, 0.2) is 0 Å². The Morgan fingerprint density at radius 2 is 1.85 bits per heavy atom. The van der Waals surface area contributed by atoms with Crippen LogP contribution in [-0.4, -0.2) is 12.4 Å². The molecule has 20 heavy (non-hydrogen) atoms. The van der Waals surface area contributed by atoms with Crippen molar-refractivity contribution in [1.29, 1.82) is 5.41 Å². The average molecular weight is 271 g/mol. The molecule has 0 saturated heterocycles. The summed E-state index contributed by atoms with van der Waals surface area (Å²) in [6.45, 7) is 3.25. The number of rotatable bonds is 5. The summed E-state index contributed by atoms with van der Waals surface area (Å²) in [7, 11) is 0.